The molecule has 0 bridgehead atoms. The van der Waals surface area contributed by atoms with Crippen LogP contribution in [0.5, 0.6) is 0 Å². The summed E-state index contributed by atoms with van der Waals surface area (Å²) in [5, 5.41) is 2.97. The molecule has 2 aromatic rings. The minimum atomic E-state index is -0.454. The third-order valence-corrected chi connectivity index (χ3v) is 5.29. The number of fused-ring (bicyclic) bond motifs is 3. The predicted molar refractivity (Wildman–Crippen MR) is 81.4 cm³/mol. The van der Waals surface area contributed by atoms with Crippen molar-refractivity contribution in [2.75, 3.05) is 13.2 Å². The standard InChI is InChI=1S/C17H15NO2S/c19-16-10-20-17(11-18-16)9-12-5-1-3-7-14(12)21-15-8-4-2-6-13(15)17/h1-8H,9-11H2,(H,18,19). The van der Waals surface area contributed by atoms with Crippen molar-refractivity contribution in [1.82, 2.24) is 5.32 Å². The lowest BCUT2D eigenvalue weighted by Gasteiger charge is -2.37. The summed E-state index contributed by atoms with van der Waals surface area (Å²) in [5.41, 5.74) is 1.99. The first-order valence-corrected chi connectivity index (χ1v) is 7.84. The van der Waals surface area contributed by atoms with Crippen LogP contribution >= 0.6 is 11.8 Å². The monoisotopic (exact) mass is 297 g/mol. The van der Waals surface area contributed by atoms with E-state index in [-0.39, 0.29) is 12.5 Å². The molecule has 106 valence electrons. The molecular weight excluding hydrogens is 282 g/mol. The minimum Gasteiger partial charge on any atom is -0.358 e. The first kappa shape index (κ1) is 12.9. The Hall–Kier alpha value is -1.78. The van der Waals surface area contributed by atoms with Gasteiger partial charge in [0.25, 0.3) is 0 Å². The molecular formula is C17H15NO2S. The maximum absolute atomic E-state index is 11.5. The van der Waals surface area contributed by atoms with Crippen LogP contribution in [0, 0.1) is 0 Å². The third-order valence-electron chi connectivity index (χ3n) is 4.10. The molecule has 0 aliphatic carbocycles. The summed E-state index contributed by atoms with van der Waals surface area (Å²) in [6.07, 6.45) is 0.785. The van der Waals surface area contributed by atoms with Crippen molar-refractivity contribution < 1.29 is 9.53 Å². The summed E-state index contributed by atoms with van der Waals surface area (Å²) in [7, 11) is 0. The molecule has 1 spiro atoms. The van der Waals surface area contributed by atoms with E-state index >= 15 is 0 Å². The number of morpholine rings is 1. The van der Waals surface area contributed by atoms with Crippen molar-refractivity contribution in [3.63, 3.8) is 0 Å². The molecule has 1 N–H and O–H groups in total. The van der Waals surface area contributed by atoms with Gasteiger partial charge in [-0.2, -0.15) is 0 Å². The molecule has 1 saturated heterocycles. The largest absolute Gasteiger partial charge is 0.358 e. The summed E-state index contributed by atoms with van der Waals surface area (Å²) in [5.74, 6) is -0.0386. The second-order valence-corrected chi connectivity index (χ2v) is 6.53. The number of hydrogen-bond donors (Lipinski definition) is 1. The Morgan fingerprint density at radius 3 is 2.62 bits per heavy atom. The molecule has 2 aromatic carbocycles. The van der Waals surface area contributed by atoms with Gasteiger partial charge in [0.05, 0.1) is 6.54 Å². The van der Waals surface area contributed by atoms with Crippen molar-refractivity contribution >= 4 is 17.7 Å². The molecule has 0 radical (unpaired) electrons. The fourth-order valence-corrected chi connectivity index (χ4v) is 4.20. The van der Waals surface area contributed by atoms with Crippen LogP contribution in [0.2, 0.25) is 0 Å². The molecule has 1 atom stereocenters. The van der Waals surface area contributed by atoms with Gasteiger partial charge in [0, 0.05) is 16.2 Å². The first-order valence-electron chi connectivity index (χ1n) is 7.03. The number of carbonyl (C=O) groups excluding carboxylic acids is 1. The number of benzene rings is 2. The normalized spacial score (nSPS) is 23.9. The zero-order valence-corrected chi connectivity index (χ0v) is 12.3. The van der Waals surface area contributed by atoms with Crippen LogP contribution in [0.25, 0.3) is 0 Å². The zero-order chi connectivity index (χ0) is 14.3. The Morgan fingerprint density at radius 2 is 1.81 bits per heavy atom. The van der Waals surface area contributed by atoms with Crippen LogP contribution < -0.4 is 5.32 Å². The summed E-state index contributed by atoms with van der Waals surface area (Å²) in [4.78, 5) is 14.0. The molecule has 2 aliphatic rings. The van der Waals surface area contributed by atoms with E-state index in [1.54, 1.807) is 11.8 Å². The lowest BCUT2D eigenvalue weighted by molar-refractivity contribution is -0.145. The minimum absolute atomic E-state index is 0.0386. The van der Waals surface area contributed by atoms with E-state index in [0.717, 1.165) is 6.42 Å². The van der Waals surface area contributed by atoms with Crippen molar-refractivity contribution in [2.24, 2.45) is 0 Å². The molecule has 0 aromatic heterocycles. The number of carbonyl (C=O) groups is 1. The van der Waals surface area contributed by atoms with Crippen LogP contribution in [0.1, 0.15) is 11.1 Å². The van der Waals surface area contributed by atoms with Crippen LogP contribution in [-0.2, 0) is 21.6 Å². The molecule has 4 rings (SSSR count). The van der Waals surface area contributed by atoms with E-state index in [0.29, 0.717) is 6.54 Å². The summed E-state index contributed by atoms with van der Waals surface area (Å²) >= 11 is 1.78. The quantitative estimate of drug-likeness (QED) is 0.812. The van der Waals surface area contributed by atoms with Gasteiger partial charge >= 0.3 is 0 Å². The Balaban J connectivity index is 1.88. The lowest BCUT2D eigenvalue weighted by atomic mass is 9.86. The van der Waals surface area contributed by atoms with E-state index in [1.165, 1.54) is 20.9 Å². The number of amides is 1. The fourth-order valence-electron chi connectivity index (χ4n) is 3.04. The van der Waals surface area contributed by atoms with Crippen LogP contribution in [0.15, 0.2) is 58.3 Å². The SMILES string of the molecule is O=C1COC2(CN1)Cc1ccccc1Sc1ccccc12. The average Bonchev–Trinajstić information content (AvgIpc) is 2.65. The third kappa shape index (κ3) is 2.15. The van der Waals surface area contributed by atoms with Gasteiger partial charge in [-0.05, 0) is 23.3 Å². The molecule has 2 aliphatic heterocycles. The molecule has 1 fully saturated rings. The Bertz CT molecular complexity index is 703. The summed E-state index contributed by atoms with van der Waals surface area (Å²) in [6.45, 7) is 0.652. The highest BCUT2D eigenvalue weighted by Gasteiger charge is 2.41. The second-order valence-electron chi connectivity index (χ2n) is 5.44. The molecule has 1 amide bonds. The average molecular weight is 297 g/mol. The molecule has 0 saturated carbocycles. The molecule has 21 heavy (non-hydrogen) atoms. The van der Waals surface area contributed by atoms with Gasteiger partial charge in [-0.3, -0.25) is 4.79 Å². The van der Waals surface area contributed by atoms with E-state index in [9.17, 15) is 4.79 Å². The van der Waals surface area contributed by atoms with E-state index in [4.69, 9.17) is 4.74 Å². The Kier molecular flexibility index (Phi) is 3.01. The lowest BCUT2D eigenvalue weighted by Crippen LogP contribution is -2.51. The van der Waals surface area contributed by atoms with Crippen LogP contribution in [-0.4, -0.2) is 19.1 Å². The van der Waals surface area contributed by atoms with Crippen LogP contribution in [0.4, 0.5) is 0 Å². The number of rotatable bonds is 0. The van der Waals surface area contributed by atoms with Gasteiger partial charge in [0.2, 0.25) is 5.91 Å². The highest BCUT2D eigenvalue weighted by Crippen LogP contribution is 2.45. The first-order chi connectivity index (χ1) is 10.3. The van der Waals surface area contributed by atoms with Crippen molar-refractivity contribution in [3.8, 4) is 0 Å². The Labute approximate surface area is 127 Å². The fraction of sp³-hybridized carbons (Fsp3) is 0.235. The van der Waals surface area contributed by atoms with Gasteiger partial charge in [0.1, 0.15) is 12.2 Å². The van der Waals surface area contributed by atoms with E-state index in [1.807, 2.05) is 6.07 Å². The topological polar surface area (TPSA) is 38.3 Å². The van der Waals surface area contributed by atoms with Crippen LogP contribution in [0.3, 0.4) is 0 Å². The predicted octanol–water partition coefficient (Wildman–Crippen LogP) is 2.74. The van der Waals surface area contributed by atoms with Gasteiger partial charge in [-0.15, -0.1) is 0 Å². The smallest absolute Gasteiger partial charge is 0.246 e. The molecule has 1 unspecified atom stereocenters. The number of nitrogens with one attached hydrogen (secondary N) is 1. The van der Waals surface area contributed by atoms with Gasteiger partial charge in [0.15, 0.2) is 0 Å². The van der Waals surface area contributed by atoms with Crippen molar-refractivity contribution in [1.29, 1.82) is 0 Å². The van der Waals surface area contributed by atoms with Gasteiger partial charge < -0.3 is 10.1 Å². The van der Waals surface area contributed by atoms with E-state index in [2.05, 4.69) is 47.8 Å². The highest BCUT2D eigenvalue weighted by molar-refractivity contribution is 7.99. The summed E-state index contributed by atoms with van der Waals surface area (Å²) < 4.78 is 6.06. The zero-order valence-electron chi connectivity index (χ0n) is 11.5. The molecule has 2 heterocycles. The Morgan fingerprint density at radius 1 is 1.05 bits per heavy atom. The van der Waals surface area contributed by atoms with Crippen molar-refractivity contribution in [2.45, 2.75) is 21.8 Å². The number of hydrogen-bond acceptors (Lipinski definition) is 3. The highest BCUT2D eigenvalue weighted by atomic mass is 32.2. The second kappa shape index (κ2) is 4.90. The molecule has 4 heteroatoms. The maximum atomic E-state index is 11.5. The van der Waals surface area contributed by atoms with Gasteiger partial charge in [-0.1, -0.05) is 48.2 Å². The maximum Gasteiger partial charge on any atom is 0.246 e. The molecule has 3 nitrogen and oxygen atoms in total. The van der Waals surface area contributed by atoms with Gasteiger partial charge in [-0.25, -0.2) is 0 Å². The van der Waals surface area contributed by atoms with E-state index < -0.39 is 5.60 Å². The van der Waals surface area contributed by atoms with Crippen molar-refractivity contribution in [3.05, 3.63) is 59.7 Å². The number of ether oxygens (including phenoxy) is 1. The summed E-state index contributed by atoms with van der Waals surface area (Å²) in [6, 6.07) is 16.8.